The first kappa shape index (κ1) is 22.0. The van der Waals surface area contributed by atoms with Crippen molar-refractivity contribution < 1.29 is 9.59 Å². The van der Waals surface area contributed by atoms with E-state index in [1.54, 1.807) is 0 Å². The molecule has 166 valence electrons. The third-order valence-corrected chi connectivity index (χ3v) is 7.64. The number of carbonyl (C=O) groups excluding carboxylic acids is 2. The molecule has 0 bridgehead atoms. The van der Waals surface area contributed by atoms with Crippen LogP contribution < -0.4 is 11.1 Å². The molecule has 1 heterocycles. The summed E-state index contributed by atoms with van der Waals surface area (Å²) in [6.07, 6.45) is 9.38. The Morgan fingerprint density at radius 3 is 2.42 bits per heavy atom. The van der Waals surface area contributed by atoms with Crippen molar-refractivity contribution in [3.63, 3.8) is 0 Å². The van der Waals surface area contributed by atoms with Gasteiger partial charge in [-0.15, -0.1) is 11.3 Å². The number of para-hydroxylation sites is 1. The highest BCUT2D eigenvalue weighted by Crippen LogP contribution is 2.31. The first-order chi connectivity index (χ1) is 15.1. The fourth-order valence-electron chi connectivity index (χ4n) is 4.94. The predicted octanol–water partition coefficient (Wildman–Crippen LogP) is 5.18. The summed E-state index contributed by atoms with van der Waals surface area (Å²) in [7, 11) is 0. The lowest BCUT2D eigenvalue weighted by Crippen LogP contribution is -2.46. The zero-order valence-electron chi connectivity index (χ0n) is 18.1. The third kappa shape index (κ3) is 5.55. The first-order valence-corrected chi connectivity index (χ1v) is 12.5. The SMILES string of the molecule is NC1CCC(N(Cc2ccccc2NC(=O)c2cccs2)C(=O)C2CCCCC2)CC1. The van der Waals surface area contributed by atoms with Crippen molar-refractivity contribution in [3.05, 3.63) is 52.2 Å². The summed E-state index contributed by atoms with van der Waals surface area (Å²) in [6.45, 7) is 0.538. The molecule has 0 unspecified atom stereocenters. The van der Waals surface area contributed by atoms with E-state index in [0.29, 0.717) is 17.3 Å². The van der Waals surface area contributed by atoms with Crippen molar-refractivity contribution in [2.75, 3.05) is 5.32 Å². The first-order valence-electron chi connectivity index (χ1n) is 11.6. The quantitative estimate of drug-likeness (QED) is 0.651. The second kappa shape index (κ2) is 10.4. The number of nitrogens with zero attached hydrogens (tertiary/aromatic N) is 1. The van der Waals surface area contributed by atoms with E-state index in [4.69, 9.17) is 5.73 Å². The summed E-state index contributed by atoms with van der Waals surface area (Å²) in [5.74, 6) is 0.327. The summed E-state index contributed by atoms with van der Waals surface area (Å²) in [5, 5.41) is 4.96. The minimum absolute atomic E-state index is 0.101. The Labute approximate surface area is 189 Å². The monoisotopic (exact) mass is 439 g/mol. The summed E-state index contributed by atoms with van der Waals surface area (Å²) >= 11 is 1.43. The molecule has 3 N–H and O–H groups in total. The van der Waals surface area contributed by atoms with E-state index < -0.39 is 0 Å². The molecular weight excluding hydrogens is 406 g/mol. The van der Waals surface area contributed by atoms with E-state index in [0.717, 1.165) is 62.6 Å². The van der Waals surface area contributed by atoms with Crippen LogP contribution in [-0.4, -0.2) is 28.8 Å². The lowest BCUT2D eigenvalue weighted by molar-refractivity contribution is -0.140. The Hall–Kier alpha value is -2.18. The van der Waals surface area contributed by atoms with Gasteiger partial charge in [0, 0.05) is 30.2 Å². The highest BCUT2D eigenvalue weighted by molar-refractivity contribution is 7.12. The van der Waals surface area contributed by atoms with Crippen molar-refractivity contribution in [2.45, 2.75) is 76.4 Å². The fraction of sp³-hybridized carbons (Fsp3) is 0.520. The van der Waals surface area contributed by atoms with Crippen molar-refractivity contribution in [1.82, 2.24) is 4.90 Å². The van der Waals surface area contributed by atoms with E-state index in [9.17, 15) is 9.59 Å². The molecule has 0 atom stereocenters. The minimum Gasteiger partial charge on any atom is -0.335 e. The molecule has 2 saturated carbocycles. The van der Waals surface area contributed by atoms with Gasteiger partial charge >= 0.3 is 0 Å². The lowest BCUT2D eigenvalue weighted by atomic mass is 9.85. The molecular formula is C25H33N3O2S. The maximum atomic E-state index is 13.6. The van der Waals surface area contributed by atoms with Crippen LogP contribution in [0.1, 0.15) is 73.0 Å². The topological polar surface area (TPSA) is 75.4 Å². The molecule has 0 spiro atoms. The molecule has 2 aliphatic carbocycles. The average molecular weight is 440 g/mol. The van der Waals surface area contributed by atoms with Gasteiger partial charge in [0.2, 0.25) is 5.91 Å². The summed E-state index contributed by atoms with van der Waals surface area (Å²) in [6, 6.07) is 12.1. The molecule has 1 aromatic carbocycles. The number of hydrogen-bond donors (Lipinski definition) is 2. The van der Waals surface area contributed by atoms with Crippen molar-refractivity contribution in [3.8, 4) is 0 Å². The van der Waals surface area contributed by atoms with Crippen LogP contribution in [0.4, 0.5) is 5.69 Å². The van der Waals surface area contributed by atoms with E-state index in [1.165, 1.54) is 17.8 Å². The smallest absolute Gasteiger partial charge is 0.265 e. The second-order valence-corrected chi connectivity index (χ2v) is 9.91. The molecule has 2 aliphatic rings. The number of nitrogens with two attached hydrogens (primary N) is 1. The maximum absolute atomic E-state index is 13.6. The molecule has 6 heteroatoms. The Morgan fingerprint density at radius 2 is 1.71 bits per heavy atom. The normalized spacial score (nSPS) is 22.1. The Morgan fingerprint density at radius 1 is 0.968 bits per heavy atom. The maximum Gasteiger partial charge on any atom is 0.265 e. The second-order valence-electron chi connectivity index (χ2n) is 8.96. The largest absolute Gasteiger partial charge is 0.335 e. The van der Waals surface area contributed by atoms with Crippen LogP contribution in [0.15, 0.2) is 41.8 Å². The van der Waals surface area contributed by atoms with Crippen LogP contribution >= 0.6 is 11.3 Å². The predicted molar refractivity (Wildman–Crippen MR) is 126 cm³/mol. The zero-order chi connectivity index (χ0) is 21.6. The number of anilines is 1. The van der Waals surface area contributed by atoms with Gasteiger partial charge in [0.15, 0.2) is 0 Å². The van der Waals surface area contributed by atoms with Crippen LogP contribution in [0.2, 0.25) is 0 Å². The number of rotatable bonds is 6. The van der Waals surface area contributed by atoms with Crippen LogP contribution in [-0.2, 0) is 11.3 Å². The fourth-order valence-corrected chi connectivity index (χ4v) is 5.56. The third-order valence-electron chi connectivity index (χ3n) is 6.77. The molecule has 0 radical (unpaired) electrons. The van der Waals surface area contributed by atoms with Crippen LogP contribution in [0, 0.1) is 5.92 Å². The number of hydrogen-bond acceptors (Lipinski definition) is 4. The van der Waals surface area contributed by atoms with Crippen molar-refractivity contribution >= 4 is 28.8 Å². The van der Waals surface area contributed by atoms with Crippen LogP contribution in [0.3, 0.4) is 0 Å². The molecule has 31 heavy (non-hydrogen) atoms. The standard InChI is InChI=1S/C25H33N3O2S/c26-20-12-14-21(15-13-20)28(25(30)18-7-2-1-3-8-18)17-19-9-4-5-10-22(19)27-24(29)23-11-6-16-31-23/h4-6,9-11,16,18,20-21H,1-3,7-8,12-15,17,26H2,(H,27,29). The molecule has 4 rings (SSSR count). The van der Waals surface area contributed by atoms with Gasteiger partial charge in [-0.1, -0.05) is 43.5 Å². The number of amides is 2. The average Bonchev–Trinajstić information content (AvgIpc) is 3.35. The van der Waals surface area contributed by atoms with E-state index in [1.807, 2.05) is 41.8 Å². The highest BCUT2D eigenvalue weighted by atomic mass is 32.1. The lowest BCUT2D eigenvalue weighted by Gasteiger charge is -2.39. The van der Waals surface area contributed by atoms with Crippen LogP contribution in [0.5, 0.6) is 0 Å². The molecule has 1 aromatic heterocycles. The zero-order valence-corrected chi connectivity index (χ0v) is 18.9. The van der Waals surface area contributed by atoms with Gasteiger partial charge in [-0.3, -0.25) is 9.59 Å². The molecule has 5 nitrogen and oxygen atoms in total. The van der Waals surface area contributed by atoms with Gasteiger partial charge in [-0.05, 0) is 61.6 Å². The molecule has 2 fully saturated rings. The van der Waals surface area contributed by atoms with Crippen molar-refractivity contribution in [2.24, 2.45) is 11.7 Å². The summed E-state index contributed by atoms with van der Waals surface area (Å²) < 4.78 is 0. The van der Waals surface area contributed by atoms with Gasteiger partial charge in [-0.2, -0.15) is 0 Å². The molecule has 2 aromatic rings. The number of carbonyl (C=O) groups is 2. The molecule has 0 aliphatic heterocycles. The number of benzene rings is 1. The highest BCUT2D eigenvalue weighted by Gasteiger charge is 2.33. The Bertz CT molecular complexity index is 869. The van der Waals surface area contributed by atoms with Gasteiger partial charge in [0.25, 0.3) is 5.91 Å². The van der Waals surface area contributed by atoms with Gasteiger partial charge in [0.1, 0.15) is 0 Å². The van der Waals surface area contributed by atoms with Gasteiger partial charge in [-0.25, -0.2) is 0 Å². The Balaban J connectivity index is 1.54. The summed E-state index contributed by atoms with van der Waals surface area (Å²) in [4.78, 5) is 29.0. The van der Waals surface area contributed by atoms with E-state index >= 15 is 0 Å². The van der Waals surface area contributed by atoms with E-state index in [2.05, 4.69) is 10.2 Å². The van der Waals surface area contributed by atoms with Crippen LogP contribution in [0.25, 0.3) is 0 Å². The van der Waals surface area contributed by atoms with Gasteiger partial charge in [0.05, 0.1) is 4.88 Å². The Kier molecular flexibility index (Phi) is 7.41. The number of thiophene rings is 1. The molecule has 2 amide bonds. The van der Waals surface area contributed by atoms with Gasteiger partial charge < -0.3 is 16.0 Å². The summed E-state index contributed by atoms with van der Waals surface area (Å²) in [5.41, 5.74) is 7.92. The number of nitrogens with one attached hydrogen (secondary N) is 1. The van der Waals surface area contributed by atoms with E-state index in [-0.39, 0.29) is 23.9 Å². The van der Waals surface area contributed by atoms with Crippen molar-refractivity contribution in [1.29, 1.82) is 0 Å². The minimum atomic E-state index is -0.101. The molecule has 0 saturated heterocycles.